The number of alkyl halides is 3. The van der Waals surface area contributed by atoms with E-state index in [4.69, 9.17) is 26.1 Å². The van der Waals surface area contributed by atoms with Crippen LogP contribution in [0.2, 0.25) is 5.02 Å². The molecule has 8 nitrogen and oxygen atoms in total. The summed E-state index contributed by atoms with van der Waals surface area (Å²) in [5.74, 6) is -1.62. The number of benzene rings is 2. The molecule has 2 aromatic carbocycles. The van der Waals surface area contributed by atoms with Crippen LogP contribution in [0.5, 0.6) is 11.5 Å². The van der Waals surface area contributed by atoms with Gasteiger partial charge in [-0.2, -0.15) is 13.2 Å². The first kappa shape index (κ1) is 22.0. The Morgan fingerprint density at radius 2 is 1.89 bits per heavy atom. The van der Waals surface area contributed by atoms with Crippen molar-refractivity contribution in [3.63, 3.8) is 0 Å². The Balaban J connectivity index is 2.36. The summed E-state index contributed by atoms with van der Waals surface area (Å²) in [4.78, 5) is 28.6. The molecule has 3 N–H and O–H groups in total. The Bertz CT molecular complexity index is 950. The van der Waals surface area contributed by atoms with Crippen molar-refractivity contribution in [1.82, 2.24) is 0 Å². The summed E-state index contributed by atoms with van der Waals surface area (Å²) in [6.45, 7) is 1.13. The highest BCUT2D eigenvalue weighted by Crippen LogP contribution is 2.43. The van der Waals surface area contributed by atoms with Crippen molar-refractivity contribution in [2.24, 2.45) is 0 Å². The van der Waals surface area contributed by atoms with Gasteiger partial charge in [0.15, 0.2) is 0 Å². The van der Waals surface area contributed by atoms with E-state index >= 15 is 0 Å². The van der Waals surface area contributed by atoms with Crippen molar-refractivity contribution in [3.05, 3.63) is 57.1 Å². The number of hydrogen-bond donors (Lipinski definition) is 3. The zero-order chi connectivity index (χ0) is 21.3. The van der Waals surface area contributed by atoms with Gasteiger partial charge in [0.05, 0.1) is 15.5 Å². The molecule has 0 saturated heterocycles. The normalized spacial score (nSPS) is 13.1. The van der Waals surface area contributed by atoms with Crippen molar-refractivity contribution in [2.45, 2.75) is 18.9 Å². The number of nitrogens with zero attached hydrogens (tertiary/aromatic N) is 1. The second-order valence-electron chi connectivity index (χ2n) is 5.59. The van der Waals surface area contributed by atoms with Gasteiger partial charge >= 0.3 is 13.8 Å². The van der Waals surface area contributed by atoms with Crippen LogP contribution in [0, 0.1) is 10.1 Å². The number of anilines is 1. The van der Waals surface area contributed by atoms with Crippen LogP contribution in [-0.2, 0) is 10.7 Å². The maximum atomic E-state index is 12.7. The molecule has 13 heteroatoms. The molecular weight excluding hydrogens is 428 g/mol. The summed E-state index contributed by atoms with van der Waals surface area (Å²) in [5, 5.41) is 13.1. The summed E-state index contributed by atoms with van der Waals surface area (Å²) in [5.41, 5.74) is -1.71. The first-order valence-corrected chi connectivity index (χ1v) is 9.50. The summed E-state index contributed by atoms with van der Waals surface area (Å²) in [6, 6.07) is 5.66. The number of halogens is 4. The summed E-state index contributed by atoms with van der Waals surface area (Å²) >= 11 is 5.80. The monoisotopic (exact) mass is 440 g/mol. The van der Waals surface area contributed by atoms with E-state index in [9.17, 15) is 27.9 Å². The van der Waals surface area contributed by atoms with Gasteiger partial charge in [0.25, 0.3) is 5.69 Å². The van der Waals surface area contributed by atoms with Crippen molar-refractivity contribution < 1.29 is 37.2 Å². The summed E-state index contributed by atoms with van der Waals surface area (Å²) < 4.78 is 54.7. The van der Waals surface area contributed by atoms with E-state index in [1.165, 1.54) is 6.07 Å². The van der Waals surface area contributed by atoms with Crippen LogP contribution < -0.4 is 10.1 Å². The predicted octanol–water partition coefficient (Wildman–Crippen LogP) is 4.99. The maximum absolute atomic E-state index is 12.7. The van der Waals surface area contributed by atoms with Crippen LogP contribution in [0.4, 0.5) is 24.5 Å². The summed E-state index contributed by atoms with van der Waals surface area (Å²) in [6.07, 6.45) is -4.59. The van der Waals surface area contributed by atoms with Crippen molar-refractivity contribution in [3.8, 4) is 11.5 Å². The third-order valence-corrected chi connectivity index (χ3v) is 4.95. The SMILES string of the molecule is CC(Nc1cc(Oc2ccc(C(F)(F)F)cc2Cl)ccc1[N+](=O)[O-])P(=O)(O)O. The summed E-state index contributed by atoms with van der Waals surface area (Å²) in [7, 11) is -4.59. The minimum atomic E-state index is -4.59. The van der Waals surface area contributed by atoms with Gasteiger partial charge in [0, 0.05) is 12.1 Å². The Labute approximate surface area is 161 Å². The smallest absolute Gasteiger partial charge is 0.416 e. The predicted molar refractivity (Wildman–Crippen MR) is 94.8 cm³/mol. The molecular formula is C15H13ClF3N2O6P. The Morgan fingerprint density at radius 3 is 2.39 bits per heavy atom. The van der Waals surface area contributed by atoms with Gasteiger partial charge < -0.3 is 19.8 Å². The van der Waals surface area contributed by atoms with Crippen molar-refractivity contribution in [1.29, 1.82) is 0 Å². The molecule has 0 fully saturated rings. The lowest BCUT2D eigenvalue weighted by Gasteiger charge is -2.17. The van der Waals surface area contributed by atoms with Crippen LogP contribution in [-0.4, -0.2) is 20.5 Å². The van der Waals surface area contributed by atoms with E-state index in [0.29, 0.717) is 6.07 Å². The van der Waals surface area contributed by atoms with Crippen molar-refractivity contribution >= 4 is 30.6 Å². The molecule has 28 heavy (non-hydrogen) atoms. The topological polar surface area (TPSA) is 122 Å². The lowest BCUT2D eigenvalue weighted by molar-refractivity contribution is -0.384. The lowest BCUT2D eigenvalue weighted by atomic mass is 10.2. The molecule has 0 aliphatic heterocycles. The van der Waals surface area contributed by atoms with Crippen LogP contribution in [0.25, 0.3) is 0 Å². The molecule has 0 bridgehead atoms. The van der Waals surface area contributed by atoms with Gasteiger partial charge in [0.1, 0.15) is 23.0 Å². The zero-order valence-corrected chi connectivity index (χ0v) is 15.6. The molecule has 2 rings (SSSR count). The molecule has 0 spiro atoms. The standard InChI is InChI=1S/C15H13ClF3N2O6P/c1-8(28(24,25)26)20-12-7-10(3-4-13(12)21(22)23)27-14-5-2-9(6-11(14)16)15(17,18)19/h2-8,20H,1H3,(H2,24,25,26). The molecule has 0 radical (unpaired) electrons. The molecule has 0 aliphatic carbocycles. The van der Waals surface area contributed by atoms with E-state index in [1.807, 2.05) is 0 Å². The van der Waals surface area contributed by atoms with Gasteiger partial charge in [-0.05, 0) is 31.2 Å². The third kappa shape index (κ3) is 5.35. The molecule has 152 valence electrons. The first-order chi connectivity index (χ1) is 12.8. The fourth-order valence-corrected chi connectivity index (χ4v) is 2.58. The zero-order valence-electron chi connectivity index (χ0n) is 14.0. The van der Waals surface area contributed by atoms with Crippen LogP contribution in [0.15, 0.2) is 36.4 Å². The van der Waals surface area contributed by atoms with Crippen LogP contribution >= 0.6 is 19.2 Å². The van der Waals surface area contributed by atoms with Gasteiger partial charge in [-0.25, -0.2) is 0 Å². The fraction of sp³-hybridized carbons (Fsp3) is 0.200. The Kier molecular flexibility index (Phi) is 6.24. The molecule has 0 saturated carbocycles. The molecule has 0 heterocycles. The molecule has 2 aromatic rings. The minimum absolute atomic E-state index is 0.0485. The molecule has 0 aliphatic rings. The Morgan fingerprint density at radius 1 is 1.25 bits per heavy atom. The number of rotatable bonds is 6. The molecule has 1 atom stereocenters. The van der Waals surface area contributed by atoms with E-state index in [2.05, 4.69) is 5.32 Å². The Hall–Kier alpha value is -2.33. The van der Waals surface area contributed by atoms with Crippen LogP contribution in [0.3, 0.4) is 0 Å². The molecule has 0 amide bonds. The fourth-order valence-electron chi connectivity index (χ4n) is 2.05. The highest BCUT2D eigenvalue weighted by atomic mass is 35.5. The molecule has 1 unspecified atom stereocenters. The first-order valence-electron chi connectivity index (χ1n) is 7.44. The van der Waals surface area contributed by atoms with Crippen molar-refractivity contribution in [2.75, 3.05) is 5.32 Å². The average Bonchev–Trinajstić information content (AvgIpc) is 2.54. The minimum Gasteiger partial charge on any atom is -0.456 e. The van der Waals surface area contributed by atoms with Gasteiger partial charge in [-0.3, -0.25) is 14.7 Å². The van der Waals surface area contributed by atoms with E-state index in [1.54, 1.807) is 0 Å². The van der Waals surface area contributed by atoms with Gasteiger partial charge in [0.2, 0.25) is 0 Å². The number of nitro benzene ring substituents is 1. The number of nitro groups is 1. The lowest BCUT2D eigenvalue weighted by Crippen LogP contribution is -2.16. The second kappa shape index (κ2) is 7.96. The highest BCUT2D eigenvalue weighted by molar-refractivity contribution is 7.52. The average molecular weight is 441 g/mol. The van der Waals surface area contributed by atoms with E-state index < -0.39 is 35.7 Å². The van der Waals surface area contributed by atoms with Crippen LogP contribution in [0.1, 0.15) is 12.5 Å². The number of ether oxygens (including phenoxy) is 1. The number of nitrogens with one attached hydrogen (secondary N) is 1. The quantitative estimate of drug-likeness (QED) is 0.328. The van der Waals surface area contributed by atoms with Gasteiger partial charge in [-0.1, -0.05) is 11.6 Å². The molecule has 0 aromatic heterocycles. The van der Waals surface area contributed by atoms with E-state index in [0.717, 1.165) is 31.2 Å². The van der Waals surface area contributed by atoms with E-state index in [-0.39, 0.29) is 22.2 Å². The highest BCUT2D eigenvalue weighted by Gasteiger charge is 2.31. The van der Waals surface area contributed by atoms with Gasteiger partial charge in [-0.15, -0.1) is 0 Å². The second-order valence-corrected chi connectivity index (χ2v) is 7.95. The third-order valence-electron chi connectivity index (χ3n) is 3.52. The number of hydrogen-bond acceptors (Lipinski definition) is 5. The largest absolute Gasteiger partial charge is 0.456 e. The maximum Gasteiger partial charge on any atom is 0.416 e.